The van der Waals surface area contributed by atoms with E-state index in [4.69, 9.17) is 11.6 Å². The smallest absolute Gasteiger partial charge is 0.287 e. The van der Waals surface area contributed by atoms with E-state index < -0.39 is 6.10 Å². The summed E-state index contributed by atoms with van der Waals surface area (Å²) < 4.78 is 1.23. The van der Waals surface area contributed by atoms with Crippen LogP contribution in [0.5, 0.6) is 0 Å². The molecule has 2 bridgehead atoms. The van der Waals surface area contributed by atoms with Gasteiger partial charge in [-0.25, -0.2) is 4.68 Å². The second-order valence-electron chi connectivity index (χ2n) is 9.71. The number of rotatable bonds is 8. The predicted octanol–water partition coefficient (Wildman–Crippen LogP) is 2.93. The molecule has 31 heavy (non-hydrogen) atoms. The molecule has 0 amide bonds. The molecule has 2 aromatic rings. The Balaban J connectivity index is 1.34. The molecule has 5 atom stereocenters. The lowest BCUT2D eigenvalue weighted by molar-refractivity contribution is -0.105. The first-order chi connectivity index (χ1) is 14.8. The summed E-state index contributed by atoms with van der Waals surface area (Å²) >= 11 is 6.40. The van der Waals surface area contributed by atoms with Gasteiger partial charge in [0, 0.05) is 31.5 Å². The number of halogens is 1. The molecule has 3 aliphatic carbocycles. The van der Waals surface area contributed by atoms with E-state index in [0.717, 1.165) is 12.0 Å². The van der Waals surface area contributed by atoms with Crippen LogP contribution in [-0.2, 0) is 13.1 Å². The zero-order valence-electron chi connectivity index (χ0n) is 18.4. The SMILES string of the molecule is C[C@@H]1[C@H]2C[C@@H](C[C@H]1Nc1cnn(C[C@@H](O)CNCc3ccncc3)c(=O)c1Cl)C2(C)C. The number of aliphatic hydroxyl groups excluding tert-OH is 1. The van der Waals surface area contributed by atoms with Crippen molar-refractivity contribution in [1.29, 1.82) is 0 Å². The molecule has 0 radical (unpaired) electrons. The van der Waals surface area contributed by atoms with Crippen LogP contribution >= 0.6 is 11.6 Å². The summed E-state index contributed by atoms with van der Waals surface area (Å²) in [6.45, 7) is 8.06. The van der Waals surface area contributed by atoms with Crippen LogP contribution < -0.4 is 16.2 Å². The molecule has 2 aromatic heterocycles. The van der Waals surface area contributed by atoms with Crippen molar-refractivity contribution in [3.05, 3.63) is 51.7 Å². The summed E-state index contributed by atoms with van der Waals surface area (Å²) in [4.78, 5) is 16.7. The molecule has 0 unspecified atom stereocenters. The van der Waals surface area contributed by atoms with Gasteiger partial charge in [0.1, 0.15) is 5.02 Å². The molecule has 3 fully saturated rings. The van der Waals surface area contributed by atoms with Crippen LogP contribution in [0, 0.1) is 23.2 Å². The maximum absolute atomic E-state index is 12.7. The molecule has 8 heteroatoms. The number of hydrogen-bond acceptors (Lipinski definition) is 6. The third kappa shape index (κ3) is 4.49. The average molecular weight is 446 g/mol. The van der Waals surface area contributed by atoms with Gasteiger partial charge in [0.25, 0.3) is 5.56 Å². The standard InChI is InChI=1S/C23H32ClN5O2/c1-14-18-8-16(23(18,2)3)9-19(14)28-20-12-27-29(22(31)21(20)24)13-17(30)11-26-10-15-4-6-25-7-5-15/h4-7,12,14,16-19,26,28,30H,8-11,13H2,1-3H3/t14-,16+,17+,18-,19-/m1/s1. The fraction of sp³-hybridized carbons (Fsp3) is 0.609. The molecule has 3 saturated carbocycles. The van der Waals surface area contributed by atoms with Crippen molar-refractivity contribution in [1.82, 2.24) is 20.1 Å². The summed E-state index contributed by atoms with van der Waals surface area (Å²) in [5, 5.41) is 21.4. The van der Waals surface area contributed by atoms with E-state index in [-0.39, 0.29) is 17.1 Å². The van der Waals surface area contributed by atoms with Gasteiger partial charge in [0.05, 0.1) is 24.5 Å². The first-order valence-electron chi connectivity index (χ1n) is 11.1. The normalized spacial score (nSPS) is 27.4. The third-order valence-electron chi connectivity index (χ3n) is 7.52. The minimum Gasteiger partial charge on any atom is -0.390 e. The largest absolute Gasteiger partial charge is 0.390 e. The fourth-order valence-corrected chi connectivity index (χ4v) is 5.58. The zero-order chi connectivity index (χ0) is 22.2. The maximum Gasteiger partial charge on any atom is 0.287 e. The summed E-state index contributed by atoms with van der Waals surface area (Å²) in [5.74, 6) is 1.94. The molecule has 2 heterocycles. The van der Waals surface area contributed by atoms with Crippen LogP contribution in [0.3, 0.4) is 0 Å². The van der Waals surface area contributed by atoms with Gasteiger partial charge in [-0.15, -0.1) is 0 Å². The van der Waals surface area contributed by atoms with E-state index in [1.54, 1.807) is 18.6 Å². The number of anilines is 1. The van der Waals surface area contributed by atoms with E-state index in [2.05, 4.69) is 41.5 Å². The highest BCUT2D eigenvalue weighted by Gasteiger charge is 2.56. The molecule has 0 saturated heterocycles. The lowest BCUT2D eigenvalue weighted by Crippen LogP contribution is -2.58. The van der Waals surface area contributed by atoms with Crippen LogP contribution in [-0.4, -0.2) is 38.6 Å². The van der Waals surface area contributed by atoms with Gasteiger partial charge in [-0.2, -0.15) is 5.10 Å². The Bertz CT molecular complexity index is 964. The van der Waals surface area contributed by atoms with E-state index >= 15 is 0 Å². The molecule has 3 aliphatic rings. The van der Waals surface area contributed by atoms with Crippen LogP contribution in [0.4, 0.5) is 5.69 Å². The average Bonchev–Trinajstić information content (AvgIpc) is 2.75. The second kappa shape index (κ2) is 8.88. The quantitative estimate of drug-likeness (QED) is 0.578. The van der Waals surface area contributed by atoms with Crippen molar-refractivity contribution >= 4 is 17.3 Å². The molecular formula is C23H32ClN5O2. The minimum atomic E-state index is -0.755. The number of pyridine rings is 1. The van der Waals surface area contributed by atoms with Crippen LogP contribution in [0.1, 0.15) is 39.2 Å². The number of aliphatic hydroxyl groups is 1. The summed E-state index contributed by atoms with van der Waals surface area (Å²) in [7, 11) is 0. The van der Waals surface area contributed by atoms with Gasteiger partial charge in [0.2, 0.25) is 0 Å². The van der Waals surface area contributed by atoms with Crippen molar-refractivity contribution in [2.45, 2.75) is 58.8 Å². The Morgan fingerprint density at radius 1 is 1.32 bits per heavy atom. The van der Waals surface area contributed by atoms with Gasteiger partial charge in [-0.1, -0.05) is 32.4 Å². The van der Waals surface area contributed by atoms with Crippen LogP contribution in [0.2, 0.25) is 5.02 Å². The summed E-state index contributed by atoms with van der Waals surface area (Å²) in [6, 6.07) is 4.12. The molecule has 0 aliphatic heterocycles. The van der Waals surface area contributed by atoms with Gasteiger partial charge in [-0.05, 0) is 53.7 Å². The molecule has 168 valence electrons. The lowest BCUT2D eigenvalue weighted by Gasteiger charge is -2.62. The van der Waals surface area contributed by atoms with Crippen LogP contribution in [0.15, 0.2) is 35.5 Å². The number of fused-ring (bicyclic) bond motifs is 2. The molecular weight excluding hydrogens is 414 g/mol. The third-order valence-corrected chi connectivity index (χ3v) is 7.89. The molecule has 7 nitrogen and oxygen atoms in total. The topological polar surface area (TPSA) is 92.1 Å². The van der Waals surface area contributed by atoms with Crippen molar-refractivity contribution in [3.63, 3.8) is 0 Å². The number of nitrogens with one attached hydrogen (secondary N) is 2. The van der Waals surface area contributed by atoms with E-state index in [1.165, 1.54) is 11.1 Å². The van der Waals surface area contributed by atoms with Gasteiger partial charge < -0.3 is 15.7 Å². The Morgan fingerprint density at radius 3 is 2.74 bits per heavy atom. The summed E-state index contributed by atoms with van der Waals surface area (Å²) in [6.07, 6.45) is 6.70. The van der Waals surface area contributed by atoms with E-state index in [0.29, 0.717) is 48.0 Å². The van der Waals surface area contributed by atoms with E-state index in [9.17, 15) is 9.90 Å². The molecule has 3 N–H and O–H groups in total. The monoisotopic (exact) mass is 445 g/mol. The first-order valence-corrected chi connectivity index (χ1v) is 11.4. The maximum atomic E-state index is 12.7. The van der Waals surface area contributed by atoms with Crippen molar-refractivity contribution < 1.29 is 5.11 Å². The highest BCUT2D eigenvalue weighted by Crippen LogP contribution is 2.61. The Hall–Kier alpha value is -1.96. The molecule has 5 rings (SSSR count). The van der Waals surface area contributed by atoms with Gasteiger partial charge in [0.15, 0.2) is 0 Å². The van der Waals surface area contributed by atoms with Crippen LogP contribution in [0.25, 0.3) is 0 Å². The Kier molecular flexibility index (Phi) is 6.37. The number of nitrogens with zero attached hydrogens (tertiary/aromatic N) is 3. The zero-order valence-corrected chi connectivity index (χ0v) is 19.1. The van der Waals surface area contributed by atoms with E-state index in [1.807, 2.05) is 12.1 Å². The predicted molar refractivity (Wildman–Crippen MR) is 122 cm³/mol. The second-order valence-corrected chi connectivity index (χ2v) is 10.1. The van der Waals surface area contributed by atoms with Crippen molar-refractivity contribution in [3.8, 4) is 0 Å². The van der Waals surface area contributed by atoms with Gasteiger partial charge in [-0.3, -0.25) is 9.78 Å². The van der Waals surface area contributed by atoms with Crippen molar-refractivity contribution in [2.75, 3.05) is 11.9 Å². The molecule has 0 aromatic carbocycles. The molecule has 0 spiro atoms. The van der Waals surface area contributed by atoms with Gasteiger partial charge >= 0.3 is 0 Å². The highest BCUT2D eigenvalue weighted by molar-refractivity contribution is 6.32. The summed E-state index contributed by atoms with van der Waals surface area (Å²) in [5.41, 5.74) is 1.69. The first kappa shape index (κ1) is 22.2. The Morgan fingerprint density at radius 2 is 2.06 bits per heavy atom. The fourth-order valence-electron chi connectivity index (χ4n) is 5.38. The number of hydrogen-bond donors (Lipinski definition) is 3. The highest BCUT2D eigenvalue weighted by atomic mass is 35.5. The lowest BCUT2D eigenvalue weighted by atomic mass is 9.45. The Labute approximate surface area is 188 Å². The van der Waals surface area contributed by atoms with Crippen molar-refractivity contribution in [2.24, 2.45) is 23.2 Å². The minimum absolute atomic E-state index is 0.0837. The number of aromatic nitrogens is 3.